The van der Waals surface area contributed by atoms with E-state index in [1.165, 1.54) is 5.56 Å². The molecular weight excluding hydrogens is 314 g/mol. The van der Waals surface area contributed by atoms with Gasteiger partial charge in [-0.2, -0.15) is 5.26 Å². The van der Waals surface area contributed by atoms with Gasteiger partial charge in [-0.1, -0.05) is 22.9 Å². The zero-order valence-electron chi connectivity index (χ0n) is 12.0. The third-order valence-electron chi connectivity index (χ3n) is 3.67. The molecule has 0 radical (unpaired) electrons. The van der Waals surface area contributed by atoms with Crippen LogP contribution in [0, 0.1) is 18.3 Å². The van der Waals surface area contributed by atoms with Gasteiger partial charge in [0.25, 0.3) is 0 Å². The molecule has 0 fully saturated rings. The number of hydrogen-bond donors (Lipinski definition) is 1. The highest BCUT2D eigenvalue weighted by Crippen LogP contribution is 2.23. The number of anilines is 1. The molecule has 0 saturated heterocycles. The Kier molecular flexibility index (Phi) is 4.51. The van der Waals surface area contributed by atoms with Crippen molar-refractivity contribution in [2.75, 3.05) is 5.32 Å². The Balaban J connectivity index is 2.19. The monoisotopic (exact) mass is 331 g/mol. The normalized spacial score (nSPS) is 10.3. The van der Waals surface area contributed by atoms with Crippen LogP contribution in [-0.2, 0) is 20.0 Å². The van der Waals surface area contributed by atoms with Gasteiger partial charge in [0.1, 0.15) is 11.8 Å². The van der Waals surface area contributed by atoms with Gasteiger partial charge >= 0.3 is 0 Å². The van der Waals surface area contributed by atoms with Crippen molar-refractivity contribution in [3.63, 3.8) is 0 Å². The lowest BCUT2D eigenvalue weighted by atomic mass is 10.1. The summed E-state index contributed by atoms with van der Waals surface area (Å²) in [5.74, 6) is 0. The number of rotatable bonds is 4. The lowest BCUT2D eigenvalue weighted by Crippen LogP contribution is -2.03. The number of nitrogens with zero attached hydrogens (tertiary/aromatic N) is 2. The summed E-state index contributed by atoms with van der Waals surface area (Å²) in [5.41, 5.74) is 5.43. The van der Waals surface area contributed by atoms with Crippen LogP contribution in [0.1, 0.15) is 29.4 Å². The molecular formula is C16H18BrN3. The van der Waals surface area contributed by atoms with E-state index in [0.717, 1.165) is 34.4 Å². The predicted molar refractivity (Wildman–Crippen MR) is 85.7 cm³/mol. The van der Waals surface area contributed by atoms with Gasteiger partial charge in [0, 0.05) is 29.4 Å². The quantitative estimate of drug-likeness (QED) is 0.914. The Labute approximate surface area is 128 Å². The van der Waals surface area contributed by atoms with E-state index in [-0.39, 0.29) is 0 Å². The summed E-state index contributed by atoms with van der Waals surface area (Å²) in [7, 11) is 1.93. The number of hydrogen-bond acceptors (Lipinski definition) is 2. The number of nitriles is 1. The smallest absolute Gasteiger partial charge is 0.120 e. The minimum atomic E-state index is 0.700. The summed E-state index contributed by atoms with van der Waals surface area (Å²) in [5, 5.41) is 12.5. The Morgan fingerprint density at radius 3 is 2.65 bits per heavy atom. The van der Waals surface area contributed by atoms with Gasteiger partial charge in [0.05, 0.1) is 0 Å². The molecule has 0 aliphatic carbocycles. The van der Waals surface area contributed by atoms with Gasteiger partial charge in [-0.05, 0) is 48.7 Å². The van der Waals surface area contributed by atoms with Crippen LogP contribution in [0.15, 0.2) is 28.7 Å². The molecule has 0 unspecified atom stereocenters. The molecule has 2 aromatic rings. The highest BCUT2D eigenvalue weighted by molar-refractivity contribution is 9.10. The lowest BCUT2D eigenvalue weighted by Gasteiger charge is -2.11. The van der Waals surface area contributed by atoms with E-state index < -0.39 is 0 Å². The van der Waals surface area contributed by atoms with Crippen LogP contribution < -0.4 is 5.32 Å². The molecule has 0 aliphatic rings. The molecule has 0 aliphatic heterocycles. The Hall–Kier alpha value is -1.73. The maximum atomic E-state index is 9.06. The first kappa shape index (κ1) is 14.7. The van der Waals surface area contributed by atoms with Crippen LogP contribution >= 0.6 is 15.9 Å². The molecule has 1 N–H and O–H groups in total. The van der Waals surface area contributed by atoms with Crippen molar-refractivity contribution in [1.29, 1.82) is 5.26 Å². The molecule has 0 saturated carbocycles. The van der Waals surface area contributed by atoms with Gasteiger partial charge in [0.2, 0.25) is 0 Å². The lowest BCUT2D eigenvalue weighted by molar-refractivity contribution is 0.856. The average Bonchev–Trinajstić information content (AvgIpc) is 2.73. The molecule has 0 spiro atoms. The van der Waals surface area contributed by atoms with Crippen molar-refractivity contribution in [3.05, 3.63) is 51.3 Å². The predicted octanol–water partition coefficient (Wildman–Crippen LogP) is 4.14. The number of aryl methyl sites for hydroxylation is 1. The van der Waals surface area contributed by atoms with Crippen LogP contribution in [0.4, 0.5) is 5.69 Å². The van der Waals surface area contributed by atoms with Crippen LogP contribution in [0.5, 0.6) is 0 Å². The van der Waals surface area contributed by atoms with Gasteiger partial charge in [-0.3, -0.25) is 0 Å². The molecule has 0 bridgehead atoms. The molecule has 4 heteroatoms. The number of halogens is 1. The van der Waals surface area contributed by atoms with Crippen LogP contribution in [-0.4, -0.2) is 4.57 Å². The highest BCUT2D eigenvalue weighted by atomic mass is 79.9. The first-order chi connectivity index (χ1) is 9.56. The average molecular weight is 332 g/mol. The van der Waals surface area contributed by atoms with Crippen molar-refractivity contribution in [1.82, 2.24) is 4.57 Å². The van der Waals surface area contributed by atoms with E-state index >= 15 is 0 Å². The fourth-order valence-corrected chi connectivity index (χ4v) is 2.67. The fraction of sp³-hybridized carbons (Fsp3) is 0.312. The second-order valence-electron chi connectivity index (χ2n) is 4.82. The molecule has 1 heterocycles. The molecule has 20 heavy (non-hydrogen) atoms. The van der Waals surface area contributed by atoms with E-state index in [0.29, 0.717) is 5.69 Å². The summed E-state index contributed by atoms with van der Waals surface area (Å²) >= 11 is 3.50. The Morgan fingerprint density at radius 1 is 1.30 bits per heavy atom. The van der Waals surface area contributed by atoms with Crippen molar-refractivity contribution < 1.29 is 0 Å². The zero-order chi connectivity index (χ0) is 14.7. The van der Waals surface area contributed by atoms with Gasteiger partial charge in [0.15, 0.2) is 0 Å². The molecule has 104 valence electrons. The Bertz CT molecular complexity index is 665. The summed E-state index contributed by atoms with van der Waals surface area (Å²) in [6.45, 7) is 4.92. The molecule has 0 atom stereocenters. The van der Waals surface area contributed by atoms with Gasteiger partial charge in [-0.15, -0.1) is 0 Å². The van der Waals surface area contributed by atoms with Crippen molar-refractivity contribution in [2.45, 2.75) is 26.8 Å². The topological polar surface area (TPSA) is 40.8 Å². The first-order valence-corrected chi connectivity index (χ1v) is 7.43. The number of aromatic nitrogens is 1. The molecule has 0 amide bonds. The zero-order valence-corrected chi connectivity index (χ0v) is 13.6. The fourth-order valence-electron chi connectivity index (χ4n) is 2.27. The Morgan fingerprint density at radius 2 is 2.05 bits per heavy atom. The second kappa shape index (κ2) is 6.15. The number of nitrogens with one attached hydrogen (secondary N) is 1. The largest absolute Gasteiger partial charge is 0.381 e. The number of benzene rings is 1. The third kappa shape index (κ3) is 2.88. The minimum Gasteiger partial charge on any atom is -0.381 e. The first-order valence-electron chi connectivity index (χ1n) is 6.64. The molecule has 3 nitrogen and oxygen atoms in total. The van der Waals surface area contributed by atoms with E-state index in [4.69, 9.17) is 5.26 Å². The minimum absolute atomic E-state index is 0.700. The van der Waals surface area contributed by atoms with Crippen molar-refractivity contribution in [2.24, 2.45) is 7.05 Å². The van der Waals surface area contributed by atoms with Crippen molar-refractivity contribution >= 4 is 21.6 Å². The highest BCUT2D eigenvalue weighted by Gasteiger charge is 2.09. The van der Waals surface area contributed by atoms with E-state index in [9.17, 15) is 0 Å². The third-order valence-corrected chi connectivity index (χ3v) is 4.17. The van der Waals surface area contributed by atoms with Gasteiger partial charge in [-0.25, -0.2) is 0 Å². The summed E-state index contributed by atoms with van der Waals surface area (Å²) in [6.07, 6.45) is 0.985. The summed E-state index contributed by atoms with van der Waals surface area (Å²) in [6, 6.07) is 10.4. The summed E-state index contributed by atoms with van der Waals surface area (Å²) in [4.78, 5) is 0. The second-order valence-corrected chi connectivity index (χ2v) is 5.74. The SMILES string of the molecule is CCc1cc(Br)ccc1NCc1cc(C#N)n(C)c1C. The molecule has 1 aromatic heterocycles. The van der Waals surface area contributed by atoms with Crippen molar-refractivity contribution in [3.8, 4) is 6.07 Å². The van der Waals surface area contributed by atoms with Crippen LogP contribution in [0.25, 0.3) is 0 Å². The standard InChI is InChI=1S/C16H18BrN3/c1-4-12-7-14(17)5-6-16(12)19-10-13-8-15(9-18)20(3)11(13)2/h5-8,19H,4,10H2,1-3H3. The maximum Gasteiger partial charge on any atom is 0.120 e. The molecule has 2 rings (SSSR count). The van der Waals surface area contributed by atoms with E-state index in [2.05, 4.69) is 46.4 Å². The molecule has 1 aromatic carbocycles. The van der Waals surface area contributed by atoms with Crippen LogP contribution in [0.2, 0.25) is 0 Å². The maximum absolute atomic E-state index is 9.06. The van der Waals surface area contributed by atoms with Gasteiger partial charge < -0.3 is 9.88 Å². The van der Waals surface area contributed by atoms with Crippen LogP contribution in [0.3, 0.4) is 0 Å². The van der Waals surface area contributed by atoms with E-state index in [1.807, 2.05) is 30.7 Å². The summed E-state index contributed by atoms with van der Waals surface area (Å²) < 4.78 is 3.03. The van der Waals surface area contributed by atoms with E-state index in [1.54, 1.807) is 0 Å².